The molecule has 0 fully saturated rings. The largest absolute Gasteiger partial charge is 0.483 e. The van der Waals surface area contributed by atoms with Gasteiger partial charge >= 0.3 is 0 Å². The fraction of sp³-hybridized carbons (Fsp3) is 0.0714. The SMILES string of the molecule is NNC(=O)COc1ccc(-c2ccccc2)cc1Br. The second-order valence-electron chi connectivity index (χ2n) is 3.87. The van der Waals surface area contributed by atoms with E-state index in [4.69, 9.17) is 10.6 Å². The Balaban J connectivity index is 2.16. The predicted molar refractivity (Wildman–Crippen MR) is 77.4 cm³/mol. The highest BCUT2D eigenvalue weighted by atomic mass is 79.9. The molecule has 2 aromatic carbocycles. The van der Waals surface area contributed by atoms with Crippen LogP contribution in [0.5, 0.6) is 5.75 Å². The van der Waals surface area contributed by atoms with Crippen LogP contribution in [0.15, 0.2) is 53.0 Å². The third kappa shape index (κ3) is 3.56. The maximum absolute atomic E-state index is 11.0. The lowest BCUT2D eigenvalue weighted by Crippen LogP contribution is -2.34. The molecule has 0 heterocycles. The third-order valence-corrected chi connectivity index (χ3v) is 3.18. The number of ether oxygens (including phenoxy) is 1. The summed E-state index contributed by atoms with van der Waals surface area (Å²) in [5, 5.41) is 0. The molecule has 0 spiro atoms. The fourth-order valence-electron chi connectivity index (χ4n) is 1.61. The first-order chi connectivity index (χ1) is 9.20. The van der Waals surface area contributed by atoms with Crippen LogP contribution >= 0.6 is 15.9 Å². The van der Waals surface area contributed by atoms with Gasteiger partial charge in [0.2, 0.25) is 0 Å². The van der Waals surface area contributed by atoms with E-state index >= 15 is 0 Å². The topological polar surface area (TPSA) is 64.3 Å². The summed E-state index contributed by atoms with van der Waals surface area (Å²) in [6.45, 7) is -0.111. The Morgan fingerprint density at radius 3 is 2.53 bits per heavy atom. The van der Waals surface area contributed by atoms with Crippen molar-refractivity contribution >= 4 is 21.8 Å². The molecule has 3 N–H and O–H groups in total. The van der Waals surface area contributed by atoms with Crippen LogP contribution < -0.4 is 16.0 Å². The van der Waals surface area contributed by atoms with Gasteiger partial charge in [-0.3, -0.25) is 10.2 Å². The lowest BCUT2D eigenvalue weighted by Gasteiger charge is -2.09. The number of nitrogens with one attached hydrogen (secondary N) is 1. The lowest BCUT2D eigenvalue weighted by molar-refractivity contribution is -0.123. The number of carbonyl (C=O) groups excluding carboxylic acids is 1. The molecule has 1 amide bonds. The Hall–Kier alpha value is -1.85. The minimum atomic E-state index is -0.376. The van der Waals surface area contributed by atoms with E-state index in [0.29, 0.717) is 5.75 Å². The predicted octanol–water partition coefficient (Wildman–Crippen LogP) is 2.48. The van der Waals surface area contributed by atoms with Gasteiger partial charge in [0, 0.05) is 0 Å². The van der Waals surface area contributed by atoms with Crippen LogP contribution in [0.2, 0.25) is 0 Å². The number of nitrogens with two attached hydrogens (primary N) is 1. The van der Waals surface area contributed by atoms with Crippen LogP contribution in [-0.2, 0) is 4.79 Å². The molecule has 5 heteroatoms. The van der Waals surface area contributed by atoms with Crippen molar-refractivity contribution in [3.63, 3.8) is 0 Å². The van der Waals surface area contributed by atoms with E-state index in [1.165, 1.54) is 0 Å². The summed E-state index contributed by atoms with van der Waals surface area (Å²) in [7, 11) is 0. The first-order valence-corrected chi connectivity index (χ1v) is 6.47. The van der Waals surface area contributed by atoms with Crippen molar-refractivity contribution in [1.82, 2.24) is 5.43 Å². The Labute approximate surface area is 119 Å². The number of benzene rings is 2. The maximum atomic E-state index is 11.0. The zero-order valence-corrected chi connectivity index (χ0v) is 11.7. The first kappa shape index (κ1) is 13.6. The summed E-state index contributed by atoms with van der Waals surface area (Å²) in [6.07, 6.45) is 0. The second-order valence-corrected chi connectivity index (χ2v) is 4.72. The minimum Gasteiger partial charge on any atom is -0.483 e. The van der Waals surface area contributed by atoms with E-state index in [2.05, 4.69) is 15.9 Å². The van der Waals surface area contributed by atoms with Gasteiger partial charge in [0.1, 0.15) is 5.75 Å². The van der Waals surface area contributed by atoms with E-state index in [0.717, 1.165) is 15.6 Å². The summed E-state index contributed by atoms with van der Waals surface area (Å²) in [5.41, 5.74) is 4.20. The highest BCUT2D eigenvalue weighted by Crippen LogP contribution is 2.30. The van der Waals surface area contributed by atoms with Crippen molar-refractivity contribution < 1.29 is 9.53 Å². The molecule has 0 saturated heterocycles. The molecule has 0 aliphatic heterocycles. The lowest BCUT2D eigenvalue weighted by atomic mass is 10.1. The first-order valence-electron chi connectivity index (χ1n) is 5.68. The number of hydrazine groups is 1. The minimum absolute atomic E-state index is 0.111. The van der Waals surface area contributed by atoms with E-state index < -0.39 is 0 Å². The number of rotatable bonds is 4. The molecule has 98 valence electrons. The van der Waals surface area contributed by atoms with E-state index in [9.17, 15) is 4.79 Å². The van der Waals surface area contributed by atoms with Gasteiger partial charge < -0.3 is 4.74 Å². The van der Waals surface area contributed by atoms with Crippen LogP contribution in [0.25, 0.3) is 11.1 Å². The summed E-state index contributed by atoms with van der Waals surface area (Å²) < 4.78 is 6.13. The van der Waals surface area contributed by atoms with Crippen molar-refractivity contribution in [2.24, 2.45) is 5.84 Å². The van der Waals surface area contributed by atoms with E-state index in [1.807, 2.05) is 54.0 Å². The quantitative estimate of drug-likeness (QED) is 0.517. The van der Waals surface area contributed by atoms with Crippen LogP contribution in [0.4, 0.5) is 0 Å². The summed E-state index contributed by atoms with van der Waals surface area (Å²) in [4.78, 5) is 11.0. The van der Waals surface area contributed by atoms with Crippen LogP contribution in [0.1, 0.15) is 0 Å². The van der Waals surface area contributed by atoms with Crippen molar-refractivity contribution in [3.8, 4) is 16.9 Å². The maximum Gasteiger partial charge on any atom is 0.271 e. The molecule has 0 aliphatic rings. The number of amides is 1. The van der Waals surface area contributed by atoms with Gasteiger partial charge in [-0.05, 0) is 39.2 Å². The Morgan fingerprint density at radius 1 is 1.16 bits per heavy atom. The van der Waals surface area contributed by atoms with Crippen molar-refractivity contribution in [2.75, 3.05) is 6.61 Å². The highest BCUT2D eigenvalue weighted by molar-refractivity contribution is 9.10. The summed E-state index contributed by atoms with van der Waals surface area (Å²) in [6, 6.07) is 15.7. The normalized spacial score (nSPS) is 10.0. The van der Waals surface area contributed by atoms with Gasteiger partial charge in [0.15, 0.2) is 6.61 Å². The molecule has 19 heavy (non-hydrogen) atoms. The van der Waals surface area contributed by atoms with Crippen LogP contribution in [0, 0.1) is 0 Å². The van der Waals surface area contributed by atoms with Crippen LogP contribution in [0.3, 0.4) is 0 Å². The average molecular weight is 321 g/mol. The zero-order valence-electron chi connectivity index (χ0n) is 10.1. The monoisotopic (exact) mass is 320 g/mol. The number of hydrogen-bond donors (Lipinski definition) is 2. The number of halogens is 1. The standard InChI is InChI=1S/C14H13BrN2O2/c15-12-8-11(10-4-2-1-3-5-10)6-7-13(12)19-9-14(18)17-16/h1-8H,9,16H2,(H,17,18). The van der Waals surface area contributed by atoms with Gasteiger partial charge in [0.25, 0.3) is 5.91 Å². The molecule has 0 aromatic heterocycles. The zero-order chi connectivity index (χ0) is 13.7. The number of hydrogen-bond acceptors (Lipinski definition) is 3. The van der Waals surface area contributed by atoms with Crippen molar-refractivity contribution in [3.05, 3.63) is 53.0 Å². The number of carbonyl (C=O) groups is 1. The highest BCUT2D eigenvalue weighted by Gasteiger charge is 2.06. The molecule has 0 unspecified atom stereocenters. The smallest absolute Gasteiger partial charge is 0.271 e. The van der Waals surface area contributed by atoms with Crippen molar-refractivity contribution in [1.29, 1.82) is 0 Å². The Kier molecular flexibility index (Phi) is 4.54. The third-order valence-electron chi connectivity index (χ3n) is 2.56. The Bertz CT molecular complexity index is 573. The van der Waals surface area contributed by atoms with E-state index in [1.54, 1.807) is 0 Å². The molecular formula is C14H13BrN2O2. The average Bonchev–Trinajstić information content (AvgIpc) is 2.46. The molecule has 4 nitrogen and oxygen atoms in total. The molecule has 0 radical (unpaired) electrons. The van der Waals surface area contributed by atoms with E-state index in [-0.39, 0.29) is 12.5 Å². The Morgan fingerprint density at radius 2 is 1.89 bits per heavy atom. The van der Waals surface area contributed by atoms with Crippen LogP contribution in [-0.4, -0.2) is 12.5 Å². The van der Waals surface area contributed by atoms with Gasteiger partial charge in [0.05, 0.1) is 4.47 Å². The summed E-state index contributed by atoms with van der Waals surface area (Å²) in [5.74, 6) is 5.21. The van der Waals surface area contributed by atoms with Gasteiger partial charge in [-0.1, -0.05) is 36.4 Å². The summed E-state index contributed by atoms with van der Waals surface area (Å²) >= 11 is 3.43. The van der Waals surface area contributed by atoms with Gasteiger partial charge in [-0.2, -0.15) is 0 Å². The molecule has 0 saturated carbocycles. The van der Waals surface area contributed by atoms with Gasteiger partial charge in [-0.25, -0.2) is 5.84 Å². The molecule has 2 rings (SSSR count). The fourth-order valence-corrected chi connectivity index (χ4v) is 2.11. The molecule has 0 bridgehead atoms. The second kappa shape index (κ2) is 6.36. The molecular weight excluding hydrogens is 308 g/mol. The molecule has 0 aliphatic carbocycles. The molecule has 0 atom stereocenters. The van der Waals surface area contributed by atoms with Gasteiger partial charge in [-0.15, -0.1) is 0 Å². The molecule has 2 aromatic rings. The van der Waals surface area contributed by atoms with Crippen molar-refractivity contribution in [2.45, 2.75) is 0 Å².